The molecule has 0 saturated carbocycles. The summed E-state index contributed by atoms with van der Waals surface area (Å²) in [5.41, 5.74) is 2.01. The number of anilines is 1. The normalized spacial score (nSPS) is 11.3. The van der Waals surface area contributed by atoms with Crippen molar-refractivity contribution in [2.45, 2.75) is 18.4 Å². The number of rotatable bonds is 6. The highest BCUT2D eigenvalue weighted by Crippen LogP contribution is 2.28. The first kappa shape index (κ1) is 17.9. The summed E-state index contributed by atoms with van der Waals surface area (Å²) >= 11 is 0. The van der Waals surface area contributed by atoms with Crippen molar-refractivity contribution in [2.75, 3.05) is 11.4 Å². The summed E-state index contributed by atoms with van der Waals surface area (Å²) < 4.78 is 34.8. The minimum Gasteiger partial charge on any atom is -0.497 e. The van der Waals surface area contributed by atoms with Crippen LogP contribution in [0.4, 0.5) is 5.69 Å². The molecule has 0 aliphatic carbocycles. The quantitative estimate of drug-likeness (QED) is 0.664. The van der Waals surface area contributed by atoms with Crippen molar-refractivity contribution in [3.63, 3.8) is 0 Å². The van der Waals surface area contributed by atoms with Gasteiger partial charge >= 0.3 is 0 Å². The Kier molecular flexibility index (Phi) is 4.94. The van der Waals surface area contributed by atoms with E-state index in [1.165, 1.54) is 11.4 Å². The number of sulfonamides is 1. The second-order valence-electron chi connectivity index (χ2n) is 5.82. The molecule has 2 heterocycles. The fraction of sp³-hybridized carbons (Fsp3) is 0.222. The highest BCUT2D eigenvalue weighted by molar-refractivity contribution is 7.92. The highest BCUT2D eigenvalue weighted by atomic mass is 32.2. The van der Waals surface area contributed by atoms with Crippen molar-refractivity contribution < 1.29 is 13.2 Å². The van der Waals surface area contributed by atoms with Gasteiger partial charge in [0.05, 0.1) is 29.9 Å². The molecule has 0 bridgehead atoms. The number of aryl methyl sites for hydroxylation is 2. The molecule has 136 valence electrons. The lowest BCUT2D eigenvalue weighted by atomic mass is 10.2. The number of methoxy groups -OCH3 is 1. The van der Waals surface area contributed by atoms with E-state index < -0.39 is 10.0 Å². The van der Waals surface area contributed by atoms with Crippen LogP contribution in [0.2, 0.25) is 0 Å². The Morgan fingerprint density at radius 2 is 1.77 bits per heavy atom. The first-order valence-corrected chi connectivity index (χ1v) is 9.42. The van der Waals surface area contributed by atoms with Crippen molar-refractivity contribution in [1.29, 1.82) is 0 Å². The molecule has 2 aromatic heterocycles. The third kappa shape index (κ3) is 3.55. The van der Waals surface area contributed by atoms with Crippen LogP contribution in [0.15, 0.2) is 59.9 Å². The van der Waals surface area contributed by atoms with Gasteiger partial charge in [-0.05, 0) is 48.9 Å². The van der Waals surface area contributed by atoms with Gasteiger partial charge in [-0.2, -0.15) is 5.10 Å². The summed E-state index contributed by atoms with van der Waals surface area (Å²) in [7, 11) is -0.478. The largest absolute Gasteiger partial charge is 0.497 e. The maximum atomic E-state index is 13.3. The second-order valence-corrected chi connectivity index (χ2v) is 7.68. The summed E-state index contributed by atoms with van der Waals surface area (Å²) in [5, 5.41) is 4.29. The monoisotopic (exact) mass is 372 g/mol. The lowest BCUT2D eigenvalue weighted by molar-refractivity contribution is 0.414. The number of benzene rings is 1. The van der Waals surface area contributed by atoms with Crippen LogP contribution in [-0.2, 0) is 23.6 Å². The molecule has 0 fully saturated rings. The van der Waals surface area contributed by atoms with Gasteiger partial charge in [-0.1, -0.05) is 0 Å². The molecule has 3 aromatic rings. The average molecular weight is 372 g/mol. The zero-order valence-corrected chi connectivity index (χ0v) is 15.6. The molecule has 0 N–H and O–H groups in total. The molecule has 0 radical (unpaired) electrons. The van der Waals surface area contributed by atoms with Gasteiger partial charge in [-0.3, -0.25) is 14.0 Å². The lowest BCUT2D eigenvalue weighted by Gasteiger charge is -2.24. The van der Waals surface area contributed by atoms with Gasteiger partial charge in [0.2, 0.25) is 0 Å². The molecule has 8 heteroatoms. The van der Waals surface area contributed by atoms with Crippen LogP contribution in [0.25, 0.3) is 0 Å². The summed E-state index contributed by atoms with van der Waals surface area (Å²) in [4.78, 5) is 4.18. The Hall–Kier alpha value is -2.87. The van der Waals surface area contributed by atoms with Gasteiger partial charge in [-0.15, -0.1) is 0 Å². The Labute approximate surface area is 152 Å². The molecule has 0 saturated heterocycles. The molecule has 0 aliphatic rings. The predicted octanol–water partition coefficient (Wildman–Crippen LogP) is 2.53. The van der Waals surface area contributed by atoms with Gasteiger partial charge in [0, 0.05) is 25.6 Å². The van der Waals surface area contributed by atoms with E-state index in [0.29, 0.717) is 17.1 Å². The van der Waals surface area contributed by atoms with Crippen molar-refractivity contribution in [2.24, 2.45) is 7.05 Å². The van der Waals surface area contributed by atoms with Gasteiger partial charge in [0.25, 0.3) is 10.0 Å². The van der Waals surface area contributed by atoms with Crippen LogP contribution >= 0.6 is 0 Å². The van der Waals surface area contributed by atoms with Crippen LogP contribution in [0, 0.1) is 6.92 Å². The first-order valence-electron chi connectivity index (χ1n) is 7.98. The number of hydrogen-bond donors (Lipinski definition) is 0. The molecular weight excluding hydrogens is 352 g/mol. The number of ether oxygens (including phenoxy) is 1. The third-order valence-electron chi connectivity index (χ3n) is 3.98. The predicted molar refractivity (Wildman–Crippen MR) is 98.5 cm³/mol. The van der Waals surface area contributed by atoms with Gasteiger partial charge in [-0.25, -0.2) is 8.42 Å². The van der Waals surface area contributed by atoms with Crippen molar-refractivity contribution >= 4 is 15.7 Å². The van der Waals surface area contributed by atoms with E-state index in [2.05, 4.69) is 10.1 Å². The number of pyridine rings is 1. The van der Waals surface area contributed by atoms with E-state index in [-0.39, 0.29) is 11.4 Å². The van der Waals surface area contributed by atoms with E-state index in [1.54, 1.807) is 73.6 Å². The van der Waals surface area contributed by atoms with E-state index in [0.717, 1.165) is 5.56 Å². The van der Waals surface area contributed by atoms with E-state index in [9.17, 15) is 8.42 Å². The summed E-state index contributed by atoms with van der Waals surface area (Å²) in [5.74, 6) is 0.599. The van der Waals surface area contributed by atoms with Crippen LogP contribution < -0.4 is 9.04 Å². The standard InChI is InChI=1S/C18H20N4O3S/c1-14-18(13-21(2)20-14)22(12-15-8-10-19-11-9-15)26(23,24)17-6-4-16(25-3)5-7-17/h4-11,13H,12H2,1-3H3. The average Bonchev–Trinajstić information content (AvgIpc) is 2.98. The third-order valence-corrected chi connectivity index (χ3v) is 5.75. The molecule has 0 atom stereocenters. The molecular formula is C18H20N4O3S. The lowest BCUT2D eigenvalue weighted by Crippen LogP contribution is -2.30. The topological polar surface area (TPSA) is 77.3 Å². The van der Waals surface area contributed by atoms with Crippen LogP contribution in [0.3, 0.4) is 0 Å². The number of aromatic nitrogens is 3. The minimum absolute atomic E-state index is 0.184. The molecule has 0 aliphatic heterocycles. The minimum atomic E-state index is -3.78. The van der Waals surface area contributed by atoms with E-state index in [4.69, 9.17) is 4.74 Å². The van der Waals surface area contributed by atoms with E-state index >= 15 is 0 Å². The van der Waals surface area contributed by atoms with Gasteiger partial charge in [0.15, 0.2) is 0 Å². The fourth-order valence-electron chi connectivity index (χ4n) is 2.66. The van der Waals surface area contributed by atoms with Crippen LogP contribution in [-0.4, -0.2) is 30.3 Å². The zero-order valence-electron chi connectivity index (χ0n) is 14.8. The van der Waals surface area contributed by atoms with Crippen molar-refractivity contribution in [3.8, 4) is 5.75 Å². The molecule has 1 aromatic carbocycles. The molecule has 3 rings (SSSR count). The zero-order chi connectivity index (χ0) is 18.7. The Morgan fingerprint density at radius 3 is 2.31 bits per heavy atom. The van der Waals surface area contributed by atoms with Crippen LogP contribution in [0.1, 0.15) is 11.3 Å². The van der Waals surface area contributed by atoms with Gasteiger partial charge in [0.1, 0.15) is 5.75 Å². The number of hydrogen-bond acceptors (Lipinski definition) is 5. The number of nitrogens with zero attached hydrogens (tertiary/aromatic N) is 4. The maximum absolute atomic E-state index is 13.3. The Morgan fingerprint density at radius 1 is 1.12 bits per heavy atom. The SMILES string of the molecule is COc1ccc(S(=O)(=O)N(Cc2ccncc2)c2cn(C)nc2C)cc1. The second kappa shape index (κ2) is 7.17. The molecule has 0 unspecified atom stereocenters. The molecule has 26 heavy (non-hydrogen) atoms. The molecule has 0 amide bonds. The first-order chi connectivity index (χ1) is 12.4. The summed E-state index contributed by atoms with van der Waals surface area (Å²) in [6.45, 7) is 1.97. The molecule has 0 spiro atoms. The van der Waals surface area contributed by atoms with Crippen molar-refractivity contribution in [3.05, 3.63) is 66.2 Å². The van der Waals surface area contributed by atoms with E-state index in [1.807, 2.05) is 0 Å². The summed E-state index contributed by atoms with van der Waals surface area (Å²) in [6.07, 6.45) is 4.99. The smallest absolute Gasteiger partial charge is 0.264 e. The fourth-order valence-corrected chi connectivity index (χ4v) is 4.15. The van der Waals surface area contributed by atoms with Gasteiger partial charge < -0.3 is 4.74 Å². The molecule has 7 nitrogen and oxygen atoms in total. The Bertz CT molecular complexity index is 983. The highest BCUT2D eigenvalue weighted by Gasteiger charge is 2.28. The van der Waals surface area contributed by atoms with Crippen LogP contribution in [0.5, 0.6) is 5.75 Å². The van der Waals surface area contributed by atoms with Crippen molar-refractivity contribution in [1.82, 2.24) is 14.8 Å². The summed E-state index contributed by atoms with van der Waals surface area (Å²) in [6, 6.07) is 9.94. The maximum Gasteiger partial charge on any atom is 0.264 e. The Balaban J connectivity index is 2.07.